The van der Waals surface area contributed by atoms with Gasteiger partial charge in [0.2, 0.25) is 5.91 Å². The van der Waals surface area contributed by atoms with Crippen molar-refractivity contribution in [2.24, 2.45) is 0 Å². The number of halogens is 1. The largest absolute Gasteiger partial charge is 0.494 e. The number of fused-ring (bicyclic) bond motifs is 1. The number of benzene rings is 2. The number of methoxy groups -OCH3 is 1. The molecule has 0 spiro atoms. The Hall–Kier alpha value is -2.31. The number of aromatic nitrogens is 1. The van der Waals surface area contributed by atoms with Crippen LogP contribution in [0.2, 0.25) is 5.02 Å². The van der Waals surface area contributed by atoms with Gasteiger partial charge in [0, 0.05) is 18.6 Å². The van der Waals surface area contributed by atoms with Crippen LogP contribution < -0.4 is 15.0 Å². The molecule has 1 N–H and O–H groups in total. The van der Waals surface area contributed by atoms with Gasteiger partial charge in [-0.15, -0.1) is 0 Å². The molecular weight excluding hydrogens is 358 g/mol. The minimum atomic E-state index is -0.0660. The van der Waals surface area contributed by atoms with Gasteiger partial charge in [0.15, 0.2) is 5.13 Å². The Bertz CT molecular complexity index is 880. The lowest BCUT2D eigenvalue weighted by molar-refractivity contribution is -0.119. The first-order valence-electron chi connectivity index (χ1n) is 7.72. The third-order valence-electron chi connectivity index (χ3n) is 3.70. The molecule has 7 heteroatoms. The molecule has 0 unspecified atom stereocenters. The molecule has 0 saturated heterocycles. The maximum absolute atomic E-state index is 12.2. The van der Waals surface area contributed by atoms with E-state index < -0.39 is 0 Å². The van der Waals surface area contributed by atoms with E-state index in [9.17, 15) is 4.79 Å². The third kappa shape index (κ3) is 4.21. The first-order chi connectivity index (χ1) is 12.1. The van der Waals surface area contributed by atoms with E-state index in [1.165, 1.54) is 11.3 Å². The number of rotatable bonds is 6. The van der Waals surface area contributed by atoms with Crippen LogP contribution in [-0.2, 0) is 11.3 Å². The van der Waals surface area contributed by atoms with Crippen molar-refractivity contribution in [3.63, 3.8) is 0 Å². The molecule has 0 bridgehead atoms. The van der Waals surface area contributed by atoms with Gasteiger partial charge in [0.05, 0.1) is 18.4 Å². The van der Waals surface area contributed by atoms with Crippen LogP contribution in [0.1, 0.15) is 5.56 Å². The summed E-state index contributed by atoms with van der Waals surface area (Å²) in [4.78, 5) is 18.6. The van der Waals surface area contributed by atoms with Gasteiger partial charge in [-0.2, -0.15) is 0 Å². The lowest BCUT2D eigenvalue weighted by Gasteiger charge is -2.15. The van der Waals surface area contributed by atoms with E-state index in [1.54, 1.807) is 7.11 Å². The first-order valence-corrected chi connectivity index (χ1v) is 8.92. The fourth-order valence-electron chi connectivity index (χ4n) is 2.38. The van der Waals surface area contributed by atoms with Gasteiger partial charge in [-0.3, -0.25) is 4.79 Å². The molecule has 1 heterocycles. The average molecular weight is 376 g/mol. The molecule has 0 radical (unpaired) electrons. The van der Waals surface area contributed by atoms with E-state index in [0.29, 0.717) is 11.6 Å². The molecule has 130 valence electrons. The number of anilines is 1. The number of amides is 1. The van der Waals surface area contributed by atoms with Crippen molar-refractivity contribution in [2.75, 3.05) is 25.6 Å². The molecule has 5 nitrogen and oxygen atoms in total. The maximum Gasteiger partial charge on any atom is 0.239 e. The molecule has 3 aromatic rings. The monoisotopic (exact) mass is 375 g/mol. The minimum Gasteiger partial charge on any atom is -0.494 e. The van der Waals surface area contributed by atoms with Crippen molar-refractivity contribution < 1.29 is 9.53 Å². The molecule has 3 rings (SSSR count). The SMILES string of the molecule is COc1cccc2sc(N(C)CC(=O)NCc3ccc(Cl)cc3)nc12. The molecule has 2 aromatic carbocycles. The summed E-state index contributed by atoms with van der Waals surface area (Å²) in [5, 5.41) is 4.36. The van der Waals surface area contributed by atoms with Gasteiger partial charge in [-0.1, -0.05) is 41.1 Å². The van der Waals surface area contributed by atoms with Gasteiger partial charge in [0.1, 0.15) is 11.3 Å². The number of nitrogens with zero attached hydrogens (tertiary/aromatic N) is 2. The third-order valence-corrected chi connectivity index (χ3v) is 5.09. The molecule has 0 atom stereocenters. The Morgan fingerprint density at radius 3 is 2.76 bits per heavy atom. The summed E-state index contributed by atoms with van der Waals surface area (Å²) in [7, 11) is 3.48. The van der Waals surface area contributed by atoms with Crippen LogP contribution >= 0.6 is 22.9 Å². The van der Waals surface area contributed by atoms with Gasteiger partial charge in [-0.25, -0.2) is 4.98 Å². The first kappa shape index (κ1) is 17.5. The Morgan fingerprint density at radius 1 is 1.28 bits per heavy atom. The molecule has 1 amide bonds. The fraction of sp³-hybridized carbons (Fsp3) is 0.222. The van der Waals surface area contributed by atoms with Crippen molar-refractivity contribution in [1.82, 2.24) is 10.3 Å². The highest BCUT2D eigenvalue weighted by Crippen LogP contribution is 2.33. The molecule has 0 aliphatic heterocycles. The zero-order valence-electron chi connectivity index (χ0n) is 14.0. The number of hydrogen-bond donors (Lipinski definition) is 1. The summed E-state index contributed by atoms with van der Waals surface area (Å²) < 4.78 is 6.36. The van der Waals surface area contributed by atoms with Crippen molar-refractivity contribution in [2.45, 2.75) is 6.54 Å². The molecule has 0 fully saturated rings. The van der Waals surface area contributed by atoms with E-state index in [4.69, 9.17) is 16.3 Å². The second-order valence-corrected chi connectivity index (χ2v) is 7.01. The number of thiazole rings is 1. The molecule has 0 aliphatic rings. The van der Waals surface area contributed by atoms with Gasteiger partial charge in [0.25, 0.3) is 0 Å². The Morgan fingerprint density at radius 2 is 2.04 bits per heavy atom. The highest BCUT2D eigenvalue weighted by Gasteiger charge is 2.14. The summed E-state index contributed by atoms with van der Waals surface area (Å²) in [5.41, 5.74) is 1.82. The van der Waals surface area contributed by atoms with Crippen LogP contribution in [0.25, 0.3) is 10.2 Å². The number of carbonyl (C=O) groups is 1. The van der Waals surface area contributed by atoms with Crippen LogP contribution in [0.15, 0.2) is 42.5 Å². The Balaban J connectivity index is 1.62. The van der Waals surface area contributed by atoms with Crippen molar-refractivity contribution in [3.8, 4) is 5.75 Å². The summed E-state index contributed by atoms with van der Waals surface area (Å²) in [5.74, 6) is 0.671. The second kappa shape index (κ2) is 7.72. The second-order valence-electron chi connectivity index (χ2n) is 5.56. The number of ether oxygens (including phenoxy) is 1. The predicted octanol–water partition coefficient (Wildman–Crippen LogP) is 3.71. The summed E-state index contributed by atoms with van der Waals surface area (Å²) in [6, 6.07) is 13.2. The van der Waals surface area contributed by atoms with E-state index in [0.717, 1.165) is 26.7 Å². The van der Waals surface area contributed by atoms with Crippen molar-refractivity contribution in [3.05, 3.63) is 53.1 Å². The van der Waals surface area contributed by atoms with Crippen LogP contribution in [0.4, 0.5) is 5.13 Å². The van der Waals surface area contributed by atoms with Crippen LogP contribution in [0.3, 0.4) is 0 Å². The minimum absolute atomic E-state index is 0.0660. The molecule has 1 aromatic heterocycles. The highest BCUT2D eigenvalue weighted by molar-refractivity contribution is 7.22. The van der Waals surface area contributed by atoms with Gasteiger partial charge < -0.3 is 15.0 Å². The van der Waals surface area contributed by atoms with Crippen LogP contribution in [-0.4, -0.2) is 31.6 Å². The number of para-hydroxylation sites is 1. The van der Waals surface area contributed by atoms with Crippen LogP contribution in [0.5, 0.6) is 5.75 Å². The van der Waals surface area contributed by atoms with E-state index in [-0.39, 0.29) is 12.5 Å². The van der Waals surface area contributed by atoms with E-state index >= 15 is 0 Å². The van der Waals surface area contributed by atoms with Gasteiger partial charge in [-0.05, 0) is 29.8 Å². The number of likely N-dealkylation sites (N-methyl/N-ethyl adjacent to an activating group) is 1. The van der Waals surface area contributed by atoms with Crippen LogP contribution in [0, 0.1) is 0 Å². The van der Waals surface area contributed by atoms with Crippen molar-refractivity contribution in [1.29, 1.82) is 0 Å². The molecule has 0 aliphatic carbocycles. The summed E-state index contributed by atoms with van der Waals surface area (Å²) in [6.45, 7) is 0.702. The highest BCUT2D eigenvalue weighted by atomic mass is 35.5. The van der Waals surface area contributed by atoms with E-state index in [1.807, 2.05) is 54.4 Å². The lowest BCUT2D eigenvalue weighted by Crippen LogP contribution is -2.34. The number of carbonyl (C=O) groups excluding carboxylic acids is 1. The summed E-state index contributed by atoms with van der Waals surface area (Å²) in [6.07, 6.45) is 0. The quantitative estimate of drug-likeness (QED) is 0.713. The molecule has 25 heavy (non-hydrogen) atoms. The lowest BCUT2D eigenvalue weighted by atomic mass is 10.2. The van der Waals surface area contributed by atoms with E-state index in [2.05, 4.69) is 10.3 Å². The zero-order valence-corrected chi connectivity index (χ0v) is 15.5. The molecule has 0 saturated carbocycles. The summed E-state index contributed by atoms with van der Waals surface area (Å²) >= 11 is 7.39. The smallest absolute Gasteiger partial charge is 0.239 e. The number of nitrogens with one attached hydrogen (secondary N) is 1. The predicted molar refractivity (Wildman–Crippen MR) is 103 cm³/mol. The van der Waals surface area contributed by atoms with Gasteiger partial charge >= 0.3 is 0 Å². The normalized spacial score (nSPS) is 10.7. The Kier molecular flexibility index (Phi) is 5.40. The van der Waals surface area contributed by atoms with Crippen molar-refractivity contribution >= 4 is 44.2 Å². The topological polar surface area (TPSA) is 54.5 Å². The molecular formula is C18H18ClN3O2S. The standard InChI is InChI=1S/C18H18ClN3O2S/c1-22(11-16(23)20-10-12-6-8-13(19)9-7-12)18-21-17-14(24-2)4-3-5-15(17)25-18/h3-9H,10-11H2,1-2H3,(H,20,23). The fourth-order valence-corrected chi connectivity index (χ4v) is 3.45. The maximum atomic E-state index is 12.2. The Labute approximate surface area is 155 Å². The zero-order chi connectivity index (χ0) is 17.8. The average Bonchev–Trinajstić information content (AvgIpc) is 3.05. The number of hydrogen-bond acceptors (Lipinski definition) is 5.